The van der Waals surface area contributed by atoms with Gasteiger partial charge in [-0.3, -0.25) is 0 Å². The zero-order valence-corrected chi connectivity index (χ0v) is 16.3. The van der Waals surface area contributed by atoms with Gasteiger partial charge in [-0.05, 0) is 32.4 Å². The lowest BCUT2D eigenvalue weighted by molar-refractivity contribution is 0.00446. The first-order valence-electron chi connectivity index (χ1n) is 9.00. The minimum Gasteiger partial charge on any atom is -0.474 e. The molecule has 9 nitrogen and oxygen atoms in total. The summed E-state index contributed by atoms with van der Waals surface area (Å²) in [5.41, 5.74) is 6.76. The Morgan fingerprint density at radius 3 is 2.71 bits per heavy atom. The maximum Gasteiger partial charge on any atom is 0.223 e. The molecule has 0 saturated heterocycles. The Hall–Kier alpha value is -2.20. The zero-order chi connectivity index (χ0) is 20.4. The zero-order valence-electron chi connectivity index (χ0n) is 15.6. The van der Waals surface area contributed by atoms with E-state index in [-0.39, 0.29) is 29.6 Å². The molecule has 2 aromatic heterocycles. The van der Waals surface area contributed by atoms with E-state index in [1.807, 2.05) is 13.8 Å². The highest BCUT2D eigenvalue weighted by molar-refractivity contribution is 6.33. The molecular weight excluding hydrogens is 386 g/mol. The van der Waals surface area contributed by atoms with Crippen LogP contribution in [-0.2, 0) is 0 Å². The Balaban J connectivity index is 2.03. The number of nitrogens with two attached hydrogens (primary N) is 1. The number of ether oxygens (including phenoxy) is 1. The predicted molar refractivity (Wildman–Crippen MR) is 105 cm³/mol. The molecule has 2 heterocycles. The summed E-state index contributed by atoms with van der Waals surface area (Å²) in [7, 11) is 0. The SMILES string of the molecule is CC(C)Oc1ncccc1-c1c(Cl)nc(N)nc1N[C@@H]1C[C@H](CO)[C@@H](O)[C@H]1O. The van der Waals surface area contributed by atoms with Gasteiger partial charge in [-0.1, -0.05) is 11.6 Å². The van der Waals surface area contributed by atoms with Gasteiger partial charge in [0.15, 0.2) is 0 Å². The van der Waals surface area contributed by atoms with Crippen molar-refractivity contribution >= 4 is 23.4 Å². The van der Waals surface area contributed by atoms with E-state index >= 15 is 0 Å². The number of halogens is 1. The topological polar surface area (TPSA) is 147 Å². The van der Waals surface area contributed by atoms with Crippen molar-refractivity contribution in [1.29, 1.82) is 0 Å². The third-order valence-electron chi connectivity index (χ3n) is 4.63. The average molecular weight is 410 g/mol. The highest BCUT2D eigenvalue weighted by atomic mass is 35.5. The van der Waals surface area contributed by atoms with Crippen LogP contribution in [0.5, 0.6) is 5.88 Å². The van der Waals surface area contributed by atoms with Gasteiger partial charge >= 0.3 is 0 Å². The summed E-state index contributed by atoms with van der Waals surface area (Å²) in [6.45, 7) is 3.53. The van der Waals surface area contributed by atoms with Crippen molar-refractivity contribution in [3.05, 3.63) is 23.5 Å². The van der Waals surface area contributed by atoms with Crippen LogP contribution in [0.4, 0.5) is 11.8 Å². The molecule has 3 rings (SSSR count). The van der Waals surface area contributed by atoms with E-state index in [2.05, 4.69) is 20.3 Å². The van der Waals surface area contributed by atoms with Crippen LogP contribution >= 0.6 is 11.6 Å². The number of aliphatic hydroxyl groups excluding tert-OH is 3. The molecule has 0 aliphatic heterocycles. The number of nitrogens with zero attached hydrogens (tertiary/aromatic N) is 3. The molecule has 1 aliphatic rings. The van der Waals surface area contributed by atoms with Gasteiger partial charge in [-0.25, -0.2) is 9.97 Å². The van der Waals surface area contributed by atoms with E-state index in [0.29, 0.717) is 23.4 Å². The summed E-state index contributed by atoms with van der Waals surface area (Å²) in [4.78, 5) is 12.5. The van der Waals surface area contributed by atoms with Crippen molar-refractivity contribution in [2.75, 3.05) is 17.7 Å². The molecule has 4 atom stereocenters. The second-order valence-corrected chi connectivity index (χ2v) is 7.39. The number of hydrogen-bond donors (Lipinski definition) is 5. The van der Waals surface area contributed by atoms with Crippen LogP contribution in [0.1, 0.15) is 20.3 Å². The number of anilines is 2. The van der Waals surface area contributed by atoms with Crippen LogP contribution in [0.2, 0.25) is 5.15 Å². The van der Waals surface area contributed by atoms with Gasteiger partial charge < -0.3 is 31.1 Å². The quantitative estimate of drug-likeness (QED) is 0.442. The minimum atomic E-state index is -1.08. The van der Waals surface area contributed by atoms with Crippen LogP contribution in [0, 0.1) is 5.92 Å². The minimum absolute atomic E-state index is 0.0433. The fourth-order valence-corrected chi connectivity index (χ4v) is 3.59. The molecule has 0 amide bonds. The van der Waals surface area contributed by atoms with Crippen molar-refractivity contribution in [1.82, 2.24) is 15.0 Å². The fraction of sp³-hybridized carbons (Fsp3) is 0.500. The van der Waals surface area contributed by atoms with Gasteiger partial charge in [0, 0.05) is 18.7 Å². The number of aliphatic hydroxyl groups is 3. The lowest BCUT2D eigenvalue weighted by Gasteiger charge is -2.22. The normalized spacial score (nSPS) is 24.5. The van der Waals surface area contributed by atoms with Gasteiger partial charge in [0.1, 0.15) is 17.1 Å². The maximum atomic E-state index is 10.3. The Bertz CT molecular complexity index is 838. The molecule has 1 fully saturated rings. The molecule has 0 aromatic carbocycles. The van der Waals surface area contributed by atoms with Crippen LogP contribution in [0.25, 0.3) is 11.1 Å². The second kappa shape index (κ2) is 8.44. The smallest absolute Gasteiger partial charge is 0.223 e. The van der Waals surface area contributed by atoms with Crippen LogP contribution in [0.3, 0.4) is 0 Å². The first-order chi connectivity index (χ1) is 13.3. The average Bonchev–Trinajstić information content (AvgIpc) is 2.90. The Morgan fingerprint density at radius 1 is 1.32 bits per heavy atom. The summed E-state index contributed by atoms with van der Waals surface area (Å²) in [5, 5.41) is 33.0. The first kappa shape index (κ1) is 20.5. The lowest BCUT2D eigenvalue weighted by Crippen LogP contribution is -2.35. The Kier molecular flexibility index (Phi) is 6.19. The standard InChI is InChI=1S/C18H24ClN5O4/c1-8(2)28-17-10(4-3-5-21-17)12-15(19)23-18(20)24-16(12)22-11-6-9(7-25)13(26)14(11)27/h3-5,8-9,11,13-14,25-27H,6-7H2,1-2H3,(H3,20,22,23,24)/t9-,11-,13-,14+/m1/s1. The van der Waals surface area contributed by atoms with Crippen LogP contribution in [-0.4, -0.2) is 61.2 Å². The van der Waals surface area contributed by atoms with Gasteiger partial charge in [-0.15, -0.1) is 0 Å². The third-order valence-corrected chi connectivity index (χ3v) is 4.90. The molecule has 0 radical (unpaired) electrons. The fourth-order valence-electron chi connectivity index (χ4n) is 3.32. The molecule has 1 aliphatic carbocycles. The molecular formula is C18H24ClN5O4. The van der Waals surface area contributed by atoms with E-state index in [4.69, 9.17) is 22.1 Å². The molecule has 2 aromatic rings. The predicted octanol–water partition coefficient (Wildman–Crippen LogP) is 1.08. The van der Waals surface area contributed by atoms with Crippen molar-refractivity contribution < 1.29 is 20.1 Å². The van der Waals surface area contributed by atoms with Crippen molar-refractivity contribution in [3.63, 3.8) is 0 Å². The summed E-state index contributed by atoms with van der Waals surface area (Å²) in [6, 6.07) is 2.95. The summed E-state index contributed by atoms with van der Waals surface area (Å²) < 4.78 is 5.78. The largest absolute Gasteiger partial charge is 0.474 e. The third kappa shape index (κ3) is 4.12. The number of rotatable bonds is 6. The highest BCUT2D eigenvalue weighted by Gasteiger charge is 2.41. The molecule has 152 valence electrons. The van der Waals surface area contributed by atoms with Crippen LogP contribution in [0.15, 0.2) is 18.3 Å². The van der Waals surface area contributed by atoms with E-state index in [1.165, 1.54) is 0 Å². The van der Waals surface area contributed by atoms with Gasteiger partial charge in [0.05, 0.1) is 29.4 Å². The Morgan fingerprint density at radius 2 is 2.07 bits per heavy atom. The lowest BCUT2D eigenvalue weighted by atomic mass is 10.1. The number of hydrogen-bond acceptors (Lipinski definition) is 9. The molecule has 28 heavy (non-hydrogen) atoms. The van der Waals surface area contributed by atoms with E-state index in [1.54, 1.807) is 18.3 Å². The summed E-state index contributed by atoms with van der Waals surface area (Å²) in [6.07, 6.45) is -0.291. The highest BCUT2D eigenvalue weighted by Crippen LogP contribution is 2.39. The number of nitrogens with one attached hydrogen (secondary N) is 1. The molecule has 0 spiro atoms. The number of pyridine rings is 1. The van der Waals surface area contributed by atoms with Crippen LogP contribution < -0.4 is 15.8 Å². The molecule has 1 saturated carbocycles. The molecule has 10 heteroatoms. The molecule has 0 unspecified atom stereocenters. The second-order valence-electron chi connectivity index (χ2n) is 7.03. The van der Waals surface area contributed by atoms with E-state index in [9.17, 15) is 15.3 Å². The summed E-state index contributed by atoms with van der Waals surface area (Å²) in [5.74, 6) is 0.159. The Labute approximate surface area is 167 Å². The van der Waals surface area contributed by atoms with Crippen molar-refractivity contribution in [3.8, 4) is 17.0 Å². The molecule has 6 N–H and O–H groups in total. The van der Waals surface area contributed by atoms with Crippen molar-refractivity contribution in [2.45, 2.75) is 44.6 Å². The van der Waals surface area contributed by atoms with E-state index < -0.39 is 24.2 Å². The van der Waals surface area contributed by atoms with Gasteiger partial charge in [-0.2, -0.15) is 4.98 Å². The first-order valence-corrected chi connectivity index (χ1v) is 9.38. The maximum absolute atomic E-state index is 10.3. The molecule has 0 bridgehead atoms. The summed E-state index contributed by atoms with van der Waals surface area (Å²) >= 11 is 6.38. The number of aromatic nitrogens is 3. The monoisotopic (exact) mass is 409 g/mol. The van der Waals surface area contributed by atoms with Gasteiger partial charge in [0.25, 0.3) is 0 Å². The van der Waals surface area contributed by atoms with E-state index in [0.717, 1.165) is 0 Å². The van der Waals surface area contributed by atoms with Crippen molar-refractivity contribution in [2.24, 2.45) is 5.92 Å². The van der Waals surface area contributed by atoms with Gasteiger partial charge in [0.2, 0.25) is 11.8 Å². The number of nitrogen functional groups attached to an aromatic ring is 1.